The fourth-order valence-corrected chi connectivity index (χ4v) is 5.08. The van der Waals surface area contributed by atoms with Crippen LogP contribution in [0.3, 0.4) is 0 Å². The molecule has 3 rings (SSSR count). The Balaban J connectivity index is 1.95. The molecule has 2 amide bonds. The first-order valence-electron chi connectivity index (χ1n) is 12.7. The number of carbonyl (C=O) groups excluding carboxylic acids is 2. The second-order valence-corrected chi connectivity index (χ2v) is 11.5. The molecule has 0 radical (unpaired) electrons. The Morgan fingerprint density at radius 1 is 1.00 bits per heavy atom. The van der Waals surface area contributed by atoms with Crippen LogP contribution in [0.15, 0.2) is 48.5 Å². The molecule has 10 heteroatoms. The Hall–Kier alpha value is -3.27. The lowest BCUT2D eigenvalue weighted by Crippen LogP contribution is -2.52. The molecule has 202 valence electrons. The van der Waals surface area contributed by atoms with Crippen LogP contribution >= 0.6 is 0 Å². The minimum atomic E-state index is -3.83. The van der Waals surface area contributed by atoms with E-state index in [0.717, 1.165) is 9.87 Å². The molecule has 1 aliphatic heterocycles. The van der Waals surface area contributed by atoms with Gasteiger partial charge in [0.05, 0.1) is 11.4 Å². The minimum Gasteiger partial charge on any atom is -0.486 e. The summed E-state index contributed by atoms with van der Waals surface area (Å²) in [7, 11) is -3.83. The van der Waals surface area contributed by atoms with E-state index in [0.29, 0.717) is 43.4 Å². The van der Waals surface area contributed by atoms with Crippen molar-refractivity contribution >= 4 is 27.5 Å². The van der Waals surface area contributed by atoms with Crippen molar-refractivity contribution in [2.75, 3.05) is 36.4 Å². The number of hydrogen-bond acceptors (Lipinski definition) is 6. The van der Waals surface area contributed by atoms with Crippen LogP contribution in [0.4, 0.5) is 5.69 Å². The lowest BCUT2D eigenvalue weighted by Gasteiger charge is -2.33. The normalized spacial score (nSPS) is 13.6. The molecule has 9 nitrogen and oxygen atoms in total. The van der Waals surface area contributed by atoms with Gasteiger partial charge in [0.15, 0.2) is 11.5 Å². The molecule has 0 bridgehead atoms. The number of nitrogens with one attached hydrogen (secondary N) is 1. The summed E-state index contributed by atoms with van der Waals surface area (Å²) in [4.78, 5) is 28.4. The van der Waals surface area contributed by atoms with Crippen LogP contribution in [0.25, 0.3) is 0 Å². The van der Waals surface area contributed by atoms with E-state index in [4.69, 9.17) is 9.47 Å². The summed E-state index contributed by atoms with van der Waals surface area (Å²) in [6.45, 7) is 8.33. The van der Waals surface area contributed by atoms with E-state index in [1.807, 2.05) is 51.1 Å². The zero-order valence-electron chi connectivity index (χ0n) is 22.0. The minimum absolute atomic E-state index is 0.175. The Kier molecular flexibility index (Phi) is 9.79. The summed E-state index contributed by atoms with van der Waals surface area (Å²) in [6.07, 6.45) is 0.382. The van der Waals surface area contributed by atoms with E-state index in [1.54, 1.807) is 18.2 Å². The zero-order chi connectivity index (χ0) is 27.0. The highest BCUT2D eigenvalue weighted by Crippen LogP contribution is 2.35. The van der Waals surface area contributed by atoms with Crippen LogP contribution in [-0.2, 0) is 26.2 Å². The highest BCUT2D eigenvalue weighted by molar-refractivity contribution is 7.92. The third kappa shape index (κ3) is 7.38. The Morgan fingerprint density at radius 2 is 1.68 bits per heavy atom. The number of nitrogens with zero attached hydrogens (tertiary/aromatic N) is 2. The molecule has 0 saturated carbocycles. The smallest absolute Gasteiger partial charge is 0.244 e. The summed E-state index contributed by atoms with van der Waals surface area (Å²) >= 11 is 0. The van der Waals surface area contributed by atoms with Gasteiger partial charge in [-0.05, 0) is 37.0 Å². The average Bonchev–Trinajstić information content (AvgIpc) is 2.90. The molecule has 37 heavy (non-hydrogen) atoms. The highest BCUT2D eigenvalue weighted by Gasteiger charge is 2.33. The van der Waals surface area contributed by atoms with Gasteiger partial charge >= 0.3 is 0 Å². The fourth-order valence-electron chi connectivity index (χ4n) is 4.03. The first-order chi connectivity index (χ1) is 17.7. The zero-order valence-corrected chi connectivity index (χ0v) is 22.8. The molecule has 0 aromatic heterocycles. The molecule has 0 aliphatic carbocycles. The van der Waals surface area contributed by atoms with Crippen molar-refractivity contribution in [1.82, 2.24) is 10.2 Å². The van der Waals surface area contributed by atoms with Gasteiger partial charge in [-0.25, -0.2) is 8.42 Å². The number of anilines is 1. The second-order valence-electron chi connectivity index (χ2n) is 9.31. The lowest BCUT2D eigenvalue weighted by atomic mass is 10.1. The van der Waals surface area contributed by atoms with Gasteiger partial charge in [0, 0.05) is 19.2 Å². The first kappa shape index (κ1) is 28.3. The molecule has 1 heterocycles. The van der Waals surface area contributed by atoms with Crippen molar-refractivity contribution in [2.45, 2.75) is 46.7 Å². The van der Waals surface area contributed by atoms with Gasteiger partial charge in [-0.15, -0.1) is 0 Å². The molecular weight excluding hydrogens is 494 g/mol. The number of ether oxygens (including phenoxy) is 2. The predicted molar refractivity (Wildman–Crippen MR) is 143 cm³/mol. The van der Waals surface area contributed by atoms with E-state index in [2.05, 4.69) is 5.32 Å². The summed E-state index contributed by atoms with van der Waals surface area (Å²) in [5.41, 5.74) is 1.15. The standard InChI is InChI=1S/C27H37N3O6S/c1-5-23(27(32)28-17-20(3)4)29(18-21-10-8-7-9-11-21)26(31)19-30(37(33,34)6-2)22-12-13-24-25(16-22)36-15-14-35-24/h7-13,16,20,23H,5-6,14-15,17-19H2,1-4H3,(H,28,32)/t23-/m1/s1. The molecule has 1 N–H and O–H groups in total. The highest BCUT2D eigenvalue weighted by atomic mass is 32.2. The van der Waals surface area contributed by atoms with Crippen LogP contribution in [-0.4, -0.2) is 63.2 Å². The largest absolute Gasteiger partial charge is 0.486 e. The molecule has 1 aliphatic rings. The van der Waals surface area contributed by atoms with Gasteiger partial charge < -0.3 is 19.7 Å². The Bertz CT molecular complexity index is 1170. The molecule has 2 aromatic carbocycles. The molecule has 0 saturated heterocycles. The molecule has 0 spiro atoms. The van der Waals surface area contributed by atoms with Gasteiger partial charge in [0.2, 0.25) is 21.8 Å². The third-order valence-electron chi connectivity index (χ3n) is 6.06. The molecule has 0 fully saturated rings. The van der Waals surface area contributed by atoms with Crippen LogP contribution in [0, 0.1) is 5.92 Å². The topological polar surface area (TPSA) is 105 Å². The monoisotopic (exact) mass is 531 g/mol. The summed E-state index contributed by atoms with van der Waals surface area (Å²) < 4.78 is 38.6. The maximum absolute atomic E-state index is 13.8. The van der Waals surface area contributed by atoms with E-state index in [9.17, 15) is 18.0 Å². The van der Waals surface area contributed by atoms with Crippen molar-refractivity contribution in [2.24, 2.45) is 5.92 Å². The number of fused-ring (bicyclic) bond motifs is 1. The number of rotatable bonds is 12. The van der Waals surface area contributed by atoms with Crippen molar-refractivity contribution in [3.8, 4) is 11.5 Å². The van der Waals surface area contributed by atoms with E-state index >= 15 is 0 Å². The van der Waals surface area contributed by atoms with E-state index in [1.165, 1.54) is 11.8 Å². The van der Waals surface area contributed by atoms with Crippen LogP contribution in [0.2, 0.25) is 0 Å². The lowest BCUT2D eigenvalue weighted by molar-refractivity contribution is -0.140. The van der Waals surface area contributed by atoms with Crippen LogP contribution in [0.5, 0.6) is 11.5 Å². The van der Waals surface area contributed by atoms with Crippen molar-refractivity contribution < 1.29 is 27.5 Å². The van der Waals surface area contributed by atoms with Gasteiger partial charge in [-0.2, -0.15) is 0 Å². The molecular formula is C27H37N3O6S. The quantitative estimate of drug-likeness (QED) is 0.451. The number of hydrogen-bond donors (Lipinski definition) is 1. The summed E-state index contributed by atoms with van der Waals surface area (Å²) in [5, 5.41) is 2.92. The second kappa shape index (κ2) is 12.8. The van der Waals surface area contributed by atoms with Gasteiger partial charge in [-0.3, -0.25) is 13.9 Å². The maximum atomic E-state index is 13.8. The molecule has 1 atom stereocenters. The SMILES string of the molecule is CC[C@H](C(=O)NCC(C)C)N(Cc1ccccc1)C(=O)CN(c1ccc2c(c1)OCCO2)S(=O)(=O)CC. The number of amides is 2. The van der Waals surface area contributed by atoms with Gasteiger partial charge in [-0.1, -0.05) is 51.1 Å². The van der Waals surface area contributed by atoms with Crippen LogP contribution in [0.1, 0.15) is 39.7 Å². The molecule has 2 aromatic rings. The molecule has 0 unspecified atom stereocenters. The van der Waals surface area contributed by atoms with E-state index in [-0.39, 0.29) is 24.1 Å². The van der Waals surface area contributed by atoms with E-state index < -0.39 is 28.5 Å². The first-order valence-corrected chi connectivity index (χ1v) is 14.3. The fraction of sp³-hybridized carbons (Fsp3) is 0.481. The van der Waals surface area contributed by atoms with Crippen molar-refractivity contribution in [3.05, 3.63) is 54.1 Å². The summed E-state index contributed by atoms with van der Waals surface area (Å²) in [5.74, 6) is 0.272. The average molecular weight is 532 g/mol. The van der Waals surface area contributed by atoms with Gasteiger partial charge in [0.1, 0.15) is 25.8 Å². The predicted octanol–water partition coefficient (Wildman–Crippen LogP) is 3.19. The Labute approximate surface area is 219 Å². The summed E-state index contributed by atoms with van der Waals surface area (Å²) in [6, 6.07) is 13.4. The number of carbonyl (C=O) groups is 2. The third-order valence-corrected chi connectivity index (χ3v) is 7.80. The number of sulfonamides is 1. The Morgan fingerprint density at radius 3 is 2.30 bits per heavy atom. The van der Waals surface area contributed by atoms with Gasteiger partial charge in [0.25, 0.3) is 0 Å². The van der Waals surface area contributed by atoms with Crippen molar-refractivity contribution in [3.63, 3.8) is 0 Å². The number of benzene rings is 2. The van der Waals surface area contributed by atoms with Crippen molar-refractivity contribution in [1.29, 1.82) is 0 Å². The maximum Gasteiger partial charge on any atom is 0.244 e. The van der Waals surface area contributed by atoms with Crippen LogP contribution < -0.4 is 19.1 Å².